The van der Waals surface area contributed by atoms with Crippen molar-refractivity contribution < 1.29 is 14.9 Å². The molecule has 0 atom stereocenters. The number of rotatable bonds is 3. The van der Waals surface area contributed by atoms with Gasteiger partial charge >= 0.3 is 0 Å². The fourth-order valence-corrected chi connectivity index (χ4v) is 1.36. The van der Waals surface area contributed by atoms with Crippen LogP contribution in [0.15, 0.2) is 18.2 Å². The third-order valence-corrected chi connectivity index (χ3v) is 1.98. The molecular weight excluding hydrogens is 180 g/mol. The van der Waals surface area contributed by atoms with E-state index in [9.17, 15) is 5.11 Å². The van der Waals surface area contributed by atoms with Crippen LogP contribution >= 0.6 is 0 Å². The molecule has 0 fully saturated rings. The number of methoxy groups -OCH3 is 1. The zero-order chi connectivity index (χ0) is 10.6. The number of hydrogen-bond acceptors (Lipinski definition) is 3. The van der Waals surface area contributed by atoms with E-state index >= 15 is 0 Å². The van der Waals surface area contributed by atoms with Crippen LogP contribution in [-0.4, -0.2) is 17.3 Å². The minimum atomic E-state index is -0.156. The molecule has 1 aromatic rings. The first kappa shape index (κ1) is 10.6. The maximum absolute atomic E-state index is 9.45. The fraction of sp³-hybridized carbons (Fsp3) is 0.273. The SMILES string of the molecule is C/C=C/c1ccc(O)c(OC)c1CO. The molecule has 2 N–H and O–H groups in total. The van der Waals surface area contributed by atoms with Gasteiger partial charge in [-0.05, 0) is 18.6 Å². The summed E-state index contributed by atoms with van der Waals surface area (Å²) in [5, 5.41) is 18.6. The molecule has 0 aromatic heterocycles. The maximum atomic E-state index is 9.45. The van der Waals surface area contributed by atoms with E-state index in [0.29, 0.717) is 11.3 Å². The van der Waals surface area contributed by atoms with Crippen LogP contribution in [0.25, 0.3) is 6.08 Å². The molecule has 0 amide bonds. The molecule has 0 radical (unpaired) electrons. The number of hydrogen-bond donors (Lipinski definition) is 2. The molecule has 76 valence electrons. The van der Waals surface area contributed by atoms with Crippen LogP contribution in [0.3, 0.4) is 0 Å². The van der Waals surface area contributed by atoms with Crippen molar-refractivity contribution in [2.45, 2.75) is 13.5 Å². The van der Waals surface area contributed by atoms with Crippen molar-refractivity contribution in [1.29, 1.82) is 0 Å². The van der Waals surface area contributed by atoms with Gasteiger partial charge in [0.25, 0.3) is 0 Å². The van der Waals surface area contributed by atoms with Gasteiger partial charge in [-0.25, -0.2) is 0 Å². The number of aromatic hydroxyl groups is 1. The zero-order valence-corrected chi connectivity index (χ0v) is 8.32. The van der Waals surface area contributed by atoms with Crippen LogP contribution in [0.2, 0.25) is 0 Å². The van der Waals surface area contributed by atoms with E-state index in [2.05, 4.69) is 0 Å². The van der Waals surface area contributed by atoms with Crippen molar-refractivity contribution in [3.8, 4) is 11.5 Å². The van der Waals surface area contributed by atoms with Crippen molar-refractivity contribution in [2.75, 3.05) is 7.11 Å². The van der Waals surface area contributed by atoms with E-state index in [4.69, 9.17) is 9.84 Å². The van der Waals surface area contributed by atoms with Gasteiger partial charge in [-0.15, -0.1) is 0 Å². The van der Waals surface area contributed by atoms with Gasteiger partial charge in [0, 0.05) is 5.56 Å². The molecule has 3 heteroatoms. The van der Waals surface area contributed by atoms with Crippen LogP contribution in [0.4, 0.5) is 0 Å². The lowest BCUT2D eigenvalue weighted by atomic mass is 10.1. The number of ether oxygens (including phenoxy) is 1. The summed E-state index contributed by atoms with van der Waals surface area (Å²) in [6.45, 7) is 1.73. The first-order valence-electron chi connectivity index (χ1n) is 4.37. The topological polar surface area (TPSA) is 49.7 Å². The molecule has 0 unspecified atom stereocenters. The molecule has 14 heavy (non-hydrogen) atoms. The number of benzene rings is 1. The van der Waals surface area contributed by atoms with Crippen LogP contribution in [0.1, 0.15) is 18.1 Å². The Hall–Kier alpha value is -1.48. The molecule has 0 aliphatic heterocycles. The van der Waals surface area contributed by atoms with Gasteiger partial charge in [0.15, 0.2) is 11.5 Å². The lowest BCUT2D eigenvalue weighted by Gasteiger charge is -2.10. The molecule has 3 nitrogen and oxygen atoms in total. The molecule has 0 bridgehead atoms. The lowest BCUT2D eigenvalue weighted by molar-refractivity contribution is 0.270. The summed E-state index contributed by atoms with van der Waals surface area (Å²) >= 11 is 0. The molecular formula is C11H14O3. The largest absolute Gasteiger partial charge is 0.504 e. The Morgan fingerprint density at radius 2 is 2.14 bits per heavy atom. The van der Waals surface area contributed by atoms with E-state index in [0.717, 1.165) is 5.56 Å². The Bertz CT molecular complexity index is 343. The minimum absolute atomic E-state index is 0.0461. The van der Waals surface area contributed by atoms with E-state index < -0.39 is 0 Å². The number of phenolic OH excluding ortho intramolecular Hbond substituents is 1. The van der Waals surface area contributed by atoms with Crippen LogP contribution in [0, 0.1) is 0 Å². The van der Waals surface area contributed by atoms with Crippen molar-refractivity contribution >= 4 is 6.08 Å². The Morgan fingerprint density at radius 1 is 1.43 bits per heavy atom. The van der Waals surface area contributed by atoms with E-state index in [1.165, 1.54) is 7.11 Å². The van der Waals surface area contributed by atoms with Gasteiger partial charge in [0.05, 0.1) is 13.7 Å². The lowest BCUT2D eigenvalue weighted by Crippen LogP contribution is -1.95. The highest BCUT2D eigenvalue weighted by molar-refractivity contribution is 5.61. The summed E-state index contributed by atoms with van der Waals surface area (Å²) < 4.78 is 5.01. The zero-order valence-electron chi connectivity index (χ0n) is 8.32. The predicted octanol–water partition coefficient (Wildman–Crippen LogP) is 1.93. The minimum Gasteiger partial charge on any atom is -0.504 e. The Kier molecular flexibility index (Phi) is 3.54. The summed E-state index contributed by atoms with van der Waals surface area (Å²) in [5.74, 6) is 0.382. The molecule has 0 spiro atoms. The van der Waals surface area contributed by atoms with Crippen LogP contribution in [-0.2, 0) is 6.61 Å². The molecule has 1 aromatic carbocycles. The van der Waals surface area contributed by atoms with Gasteiger partial charge in [-0.2, -0.15) is 0 Å². The van der Waals surface area contributed by atoms with E-state index in [-0.39, 0.29) is 12.4 Å². The first-order chi connectivity index (χ1) is 6.74. The highest BCUT2D eigenvalue weighted by Crippen LogP contribution is 2.33. The van der Waals surface area contributed by atoms with Crippen LogP contribution < -0.4 is 4.74 Å². The van der Waals surface area contributed by atoms with Crippen molar-refractivity contribution in [3.63, 3.8) is 0 Å². The second kappa shape index (κ2) is 4.67. The third kappa shape index (κ3) is 1.88. The van der Waals surface area contributed by atoms with Gasteiger partial charge in [-0.1, -0.05) is 18.2 Å². The first-order valence-corrected chi connectivity index (χ1v) is 4.37. The van der Waals surface area contributed by atoms with Crippen molar-refractivity contribution in [2.24, 2.45) is 0 Å². The summed E-state index contributed by atoms with van der Waals surface area (Å²) in [6, 6.07) is 3.29. The standard InChI is InChI=1S/C11H14O3/c1-3-4-8-5-6-10(13)11(14-2)9(8)7-12/h3-6,12-13H,7H2,1-2H3/b4-3+. The normalized spacial score (nSPS) is 10.8. The summed E-state index contributed by atoms with van der Waals surface area (Å²) in [6.07, 6.45) is 3.72. The molecule has 0 saturated heterocycles. The van der Waals surface area contributed by atoms with Gasteiger partial charge in [-0.3, -0.25) is 0 Å². The predicted molar refractivity (Wildman–Crippen MR) is 55.3 cm³/mol. The third-order valence-electron chi connectivity index (χ3n) is 1.98. The average molecular weight is 194 g/mol. The number of aliphatic hydroxyl groups excluding tert-OH is 1. The highest BCUT2D eigenvalue weighted by atomic mass is 16.5. The van der Waals surface area contributed by atoms with Gasteiger partial charge in [0.2, 0.25) is 0 Å². The number of allylic oxidation sites excluding steroid dienone is 1. The summed E-state index contributed by atoms with van der Waals surface area (Å²) in [7, 11) is 1.47. The monoisotopic (exact) mass is 194 g/mol. The average Bonchev–Trinajstić information content (AvgIpc) is 2.20. The van der Waals surface area contributed by atoms with Crippen LogP contribution in [0.5, 0.6) is 11.5 Å². The molecule has 0 saturated carbocycles. The Labute approximate surface area is 83.3 Å². The van der Waals surface area contributed by atoms with Gasteiger partial charge < -0.3 is 14.9 Å². The summed E-state index contributed by atoms with van der Waals surface area (Å²) in [5.41, 5.74) is 1.45. The Balaban J connectivity index is 3.32. The summed E-state index contributed by atoms with van der Waals surface area (Å²) in [4.78, 5) is 0. The van der Waals surface area contributed by atoms with Crippen molar-refractivity contribution in [1.82, 2.24) is 0 Å². The molecule has 0 aliphatic carbocycles. The molecule has 0 heterocycles. The van der Waals surface area contributed by atoms with E-state index in [1.54, 1.807) is 12.1 Å². The smallest absolute Gasteiger partial charge is 0.166 e. The van der Waals surface area contributed by atoms with Gasteiger partial charge in [0.1, 0.15) is 0 Å². The second-order valence-corrected chi connectivity index (χ2v) is 2.84. The molecule has 1 rings (SSSR count). The second-order valence-electron chi connectivity index (χ2n) is 2.84. The van der Waals surface area contributed by atoms with Crippen molar-refractivity contribution in [3.05, 3.63) is 29.3 Å². The maximum Gasteiger partial charge on any atom is 0.166 e. The highest BCUT2D eigenvalue weighted by Gasteiger charge is 2.10. The number of aliphatic hydroxyl groups is 1. The quantitative estimate of drug-likeness (QED) is 0.773. The molecule has 0 aliphatic rings. The number of phenols is 1. The van der Waals surface area contributed by atoms with E-state index in [1.807, 2.05) is 19.1 Å². The Morgan fingerprint density at radius 3 is 2.64 bits per heavy atom. The fourth-order valence-electron chi connectivity index (χ4n) is 1.36.